The number of ether oxygens (including phenoxy) is 2. The number of piperidine rings is 1. The van der Waals surface area contributed by atoms with Gasteiger partial charge in [-0.2, -0.15) is 5.10 Å². The van der Waals surface area contributed by atoms with E-state index in [0.29, 0.717) is 37.8 Å². The van der Waals surface area contributed by atoms with Crippen LogP contribution in [0.3, 0.4) is 0 Å². The molecule has 0 radical (unpaired) electrons. The SMILES string of the molecule is Cc1ccc(-c2cc(C(=O)N3CCC(C4OCCO4)CC3)c3cnn(C(C)C)c3n2)cc1. The van der Waals surface area contributed by atoms with Crippen LogP contribution < -0.4 is 0 Å². The second-order valence-electron chi connectivity index (χ2n) is 9.08. The summed E-state index contributed by atoms with van der Waals surface area (Å²) in [6, 6.07) is 10.3. The first-order valence-corrected chi connectivity index (χ1v) is 11.5. The van der Waals surface area contributed by atoms with Crippen LogP contribution in [0.4, 0.5) is 0 Å². The smallest absolute Gasteiger partial charge is 0.254 e. The predicted octanol–water partition coefficient (Wildman–Crippen LogP) is 4.21. The molecule has 3 aromatic rings. The molecule has 2 fully saturated rings. The molecule has 7 nitrogen and oxygen atoms in total. The summed E-state index contributed by atoms with van der Waals surface area (Å²) >= 11 is 0. The Morgan fingerprint density at radius 2 is 1.78 bits per heavy atom. The summed E-state index contributed by atoms with van der Waals surface area (Å²) in [5.74, 6) is 0.395. The molecule has 2 saturated heterocycles. The highest BCUT2D eigenvalue weighted by atomic mass is 16.7. The summed E-state index contributed by atoms with van der Waals surface area (Å²) in [6.45, 7) is 8.96. The second-order valence-corrected chi connectivity index (χ2v) is 9.08. The number of nitrogens with zero attached hydrogens (tertiary/aromatic N) is 4. The van der Waals surface area contributed by atoms with Gasteiger partial charge in [0.25, 0.3) is 5.91 Å². The van der Waals surface area contributed by atoms with E-state index in [1.807, 2.05) is 15.6 Å². The first-order valence-electron chi connectivity index (χ1n) is 11.5. The standard InChI is InChI=1S/C25H30N4O3/c1-16(2)29-23-21(15-26-29)20(14-22(27-23)18-6-4-17(3)5-7-18)24(30)28-10-8-19(9-11-28)25-31-12-13-32-25/h4-7,14-16,19,25H,8-13H2,1-3H3. The van der Waals surface area contributed by atoms with Gasteiger partial charge in [0.2, 0.25) is 0 Å². The normalized spacial score (nSPS) is 18.2. The van der Waals surface area contributed by atoms with E-state index in [1.165, 1.54) is 5.56 Å². The molecule has 32 heavy (non-hydrogen) atoms. The Hall–Kier alpha value is -2.77. The van der Waals surface area contributed by atoms with Crippen LogP contribution >= 0.6 is 0 Å². The topological polar surface area (TPSA) is 69.5 Å². The van der Waals surface area contributed by atoms with Crippen LogP contribution in [0.15, 0.2) is 36.5 Å². The molecule has 168 valence electrons. The highest BCUT2D eigenvalue weighted by Crippen LogP contribution is 2.30. The third-order valence-corrected chi connectivity index (χ3v) is 6.49. The lowest BCUT2D eigenvalue weighted by molar-refractivity contribution is -0.0956. The van der Waals surface area contributed by atoms with Crippen molar-refractivity contribution in [2.24, 2.45) is 5.92 Å². The first-order chi connectivity index (χ1) is 15.5. The van der Waals surface area contributed by atoms with Gasteiger partial charge < -0.3 is 14.4 Å². The molecule has 1 amide bonds. The van der Waals surface area contributed by atoms with Gasteiger partial charge in [-0.15, -0.1) is 0 Å². The Morgan fingerprint density at radius 1 is 1.09 bits per heavy atom. The zero-order chi connectivity index (χ0) is 22.2. The van der Waals surface area contributed by atoms with E-state index in [9.17, 15) is 4.79 Å². The lowest BCUT2D eigenvalue weighted by Crippen LogP contribution is -2.41. The van der Waals surface area contributed by atoms with E-state index >= 15 is 0 Å². The molecule has 0 unspecified atom stereocenters. The van der Waals surface area contributed by atoms with Gasteiger partial charge in [-0.3, -0.25) is 4.79 Å². The Labute approximate surface area is 188 Å². The fourth-order valence-electron chi connectivity index (χ4n) is 4.64. The van der Waals surface area contributed by atoms with Crippen molar-refractivity contribution in [3.63, 3.8) is 0 Å². The van der Waals surface area contributed by atoms with Crippen LogP contribution in [-0.4, -0.2) is 58.2 Å². The van der Waals surface area contributed by atoms with E-state index in [4.69, 9.17) is 14.5 Å². The fraction of sp³-hybridized carbons (Fsp3) is 0.480. The Morgan fingerprint density at radius 3 is 2.44 bits per heavy atom. The number of hydrogen-bond donors (Lipinski definition) is 0. The van der Waals surface area contributed by atoms with Gasteiger partial charge in [0.1, 0.15) is 0 Å². The molecule has 1 aromatic carbocycles. The van der Waals surface area contributed by atoms with Gasteiger partial charge in [0, 0.05) is 30.6 Å². The number of pyridine rings is 1. The van der Waals surface area contributed by atoms with Crippen LogP contribution in [0, 0.1) is 12.8 Å². The zero-order valence-electron chi connectivity index (χ0n) is 19.0. The minimum Gasteiger partial charge on any atom is -0.350 e. The molecule has 0 atom stereocenters. The van der Waals surface area contributed by atoms with Gasteiger partial charge in [-0.05, 0) is 39.7 Å². The minimum atomic E-state index is -0.114. The summed E-state index contributed by atoms with van der Waals surface area (Å²) in [7, 11) is 0. The number of hydrogen-bond acceptors (Lipinski definition) is 5. The van der Waals surface area contributed by atoms with Crippen molar-refractivity contribution in [3.05, 3.63) is 47.7 Å². The van der Waals surface area contributed by atoms with E-state index in [2.05, 4.69) is 50.1 Å². The number of benzene rings is 1. The molecular weight excluding hydrogens is 404 g/mol. The summed E-state index contributed by atoms with van der Waals surface area (Å²) < 4.78 is 13.3. The highest BCUT2D eigenvalue weighted by molar-refractivity contribution is 6.06. The van der Waals surface area contributed by atoms with Gasteiger partial charge in [-0.1, -0.05) is 29.8 Å². The average Bonchev–Trinajstić information content (AvgIpc) is 3.49. The first kappa shape index (κ1) is 21.1. The maximum atomic E-state index is 13.7. The molecule has 0 N–H and O–H groups in total. The maximum Gasteiger partial charge on any atom is 0.254 e. The van der Waals surface area contributed by atoms with E-state index < -0.39 is 0 Å². The molecule has 2 aliphatic rings. The molecule has 7 heteroatoms. The largest absolute Gasteiger partial charge is 0.350 e. The molecule has 5 rings (SSSR count). The van der Waals surface area contributed by atoms with Gasteiger partial charge in [-0.25, -0.2) is 9.67 Å². The zero-order valence-corrected chi connectivity index (χ0v) is 19.0. The van der Waals surface area contributed by atoms with Crippen molar-refractivity contribution in [1.82, 2.24) is 19.7 Å². The molecule has 2 aromatic heterocycles. The summed E-state index contributed by atoms with van der Waals surface area (Å²) in [5.41, 5.74) is 4.41. The van der Waals surface area contributed by atoms with Crippen molar-refractivity contribution in [3.8, 4) is 11.3 Å². The number of rotatable bonds is 4. The van der Waals surface area contributed by atoms with Crippen molar-refractivity contribution in [2.75, 3.05) is 26.3 Å². The van der Waals surface area contributed by atoms with Crippen molar-refractivity contribution in [1.29, 1.82) is 0 Å². The van der Waals surface area contributed by atoms with E-state index in [-0.39, 0.29) is 18.2 Å². The minimum absolute atomic E-state index is 0.0424. The third kappa shape index (κ3) is 3.91. The predicted molar refractivity (Wildman–Crippen MR) is 122 cm³/mol. The van der Waals surface area contributed by atoms with E-state index in [1.54, 1.807) is 6.20 Å². The fourth-order valence-corrected chi connectivity index (χ4v) is 4.64. The number of fused-ring (bicyclic) bond motifs is 1. The lowest BCUT2D eigenvalue weighted by Gasteiger charge is -2.34. The number of carbonyl (C=O) groups excluding carboxylic acids is 1. The van der Waals surface area contributed by atoms with E-state index in [0.717, 1.165) is 35.1 Å². The van der Waals surface area contributed by atoms with Crippen molar-refractivity contribution in [2.45, 2.75) is 45.9 Å². The molecule has 0 spiro atoms. The van der Waals surface area contributed by atoms with Gasteiger partial charge in [0.15, 0.2) is 11.9 Å². The summed E-state index contributed by atoms with van der Waals surface area (Å²) in [6.07, 6.45) is 3.44. The van der Waals surface area contributed by atoms with Crippen molar-refractivity contribution < 1.29 is 14.3 Å². The number of carbonyl (C=O) groups is 1. The third-order valence-electron chi connectivity index (χ3n) is 6.49. The number of likely N-dealkylation sites (tertiary alicyclic amines) is 1. The monoisotopic (exact) mass is 434 g/mol. The highest BCUT2D eigenvalue weighted by Gasteiger charge is 2.33. The summed E-state index contributed by atoms with van der Waals surface area (Å²) in [4.78, 5) is 20.5. The average molecular weight is 435 g/mol. The van der Waals surface area contributed by atoms with Gasteiger partial charge >= 0.3 is 0 Å². The Kier molecular flexibility index (Phi) is 5.69. The maximum absolute atomic E-state index is 13.7. The van der Waals surface area contributed by atoms with Crippen LogP contribution in [0.2, 0.25) is 0 Å². The molecule has 0 aliphatic carbocycles. The quantitative estimate of drug-likeness (QED) is 0.615. The number of amides is 1. The van der Waals surface area contributed by atoms with Crippen LogP contribution in [-0.2, 0) is 9.47 Å². The Balaban J connectivity index is 1.48. The molecule has 2 aliphatic heterocycles. The molecular formula is C25H30N4O3. The number of aromatic nitrogens is 3. The second kappa shape index (κ2) is 8.64. The van der Waals surface area contributed by atoms with Crippen molar-refractivity contribution >= 4 is 16.9 Å². The number of aryl methyl sites for hydroxylation is 1. The molecule has 4 heterocycles. The molecule has 0 bridgehead atoms. The van der Waals surface area contributed by atoms with Gasteiger partial charge in [0.05, 0.1) is 36.1 Å². The lowest BCUT2D eigenvalue weighted by atomic mass is 9.95. The molecule has 0 saturated carbocycles. The Bertz CT molecular complexity index is 1110. The van der Waals surface area contributed by atoms with Crippen LogP contribution in [0.1, 0.15) is 48.7 Å². The summed E-state index contributed by atoms with van der Waals surface area (Å²) in [5, 5.41) is 5.36. The van der Waals surface area contributed by atoms with Crippen LogP contribution in [0.5, 0.6) is 0 Å². The van der Waals surface area contributed by atoms with Crippen LogP contribution in [0.25, 0.3) is 22.3 Å².